The van der Waals surface area contributed by atoms with Crippen molar-refractivity contribution in [1.29, 1.82) is 0 Å². The second-order valence-corrected chi connectivity index (χ2v) is 8.31. The number of hydrogen-bond donors (Lipinski definition) is 2. The molecule has 1 aromatic carbocycles. The van der Waals surface area contributed by atoms with Gasteiger partial charge in [-0.1, -0.05) is 6.08 Å². The molecule has 1 amide bonds. The van der Waals surface area contributed by atoms with Crippen molar-refractivity contribution in [2.24, 2.45) is 16.6 Å². The van der Waals surface area contributed by atoms with Crippen LogP contribution in [0.3, 0.4) is 0 Å². The Kier molecular flexibility index (Phi) is 8.03. The number of anilines is 1. The van der Waals surface area contributed by atoms with Crippen LogP contribution in [0.4, 0.5) is 18.9 Å². The Morgan fingerprint density at radius 2 is 2.18 bits per heavy atom. The van der Waals surface area contributed by atoms with Gasteiger partial charge in [0.2, 0.25) is 0 Å². The summed E-state index contributed by atoms with van der Waals surface area (Å²) >= 11 is 0. The first-order valence-electron chi connectivity index (χ1n) is 10.9. The standard InChI is InChI=1S/C24H28F3N5O2/c1-4-5-15-10-17(34-3)8-9-24(15,32-14(2)28)18-11-16(6-7-19(18)25)31-23(33)21-13-29-20(12-30-21)22(26)27/h4,6-7,11-13,15,17,22H,1,5,8-10H2,2-3H3,(H2,28,32)(H,31,33)/t15?,17-,24?/m0/s1. The van der Waals surface area contributed by atoms with Crippen molar-refractivity contribution in [2.75, 3.05) is 12.4 Å². The second-order valence-electron chi connectivity index (χ2n) is 8.31. The number of amides is 1. The fraction of sp³-hybridized carbons (Fsp3) is 0.417. The van der Waals surface area contributed by atoms with Crippen LogP contribution in [-0.2, 0) is 10.3 Å². The number of nitrogens with one attached hydrogen (secondary N) is 1. The lowest BCUT2D eigenvalue weighted by Crippen LogP contribution is -2.43. The smallest absolute Gasteiger partial charge is 0.281 e. The molecule has 2 unspecified atom stereocenters. The van der Waals surface area contributed by atoms with Crippen LogP contribution in [0.5, 0.6) is 0 Å². The third-order valence-electron chi connectivity index (χ3n) is 6.05. The van der Waals surface area contributed by atoms with Crippen LogP contribution in [0.2, 0.25) is 0 Å². The monoisotopic (exact) mass is 475 g/mol. The molecule has 1 aliphatic rings. The molecule has 1 heterocycles. The Balaban J connectivity index is 1.98. The summed E-state index contributed by atoms with van der Waals surface area (Å²) in [4.78, 5) is 24.6. The topological polar surface area (TPSA) is 102 Å². The minimum absolute atomic E-state index is 0.00656. The number of rotatable bonds is 8. The number of nitrogens with zero attached hydrogens (tertiary/aromatic N) is 3. The Bertz CT molecular complexity index is 1060. The van der Waals surface area contributed by atoms with Crippen molar-refractivity contribution in [1.82, 2.24) is 9.97 Å². The second kappa shape index (κ2) is 10.8. The van der Waals surface area contributed by atoms with Gasteiger partial charge in [-0.3, -0.25) is 14.8 Å². The number of ether oxygens (including phenoxy) is 1. The van der Waals surface area contributed by atoms with Gasteiger partial charge < -0.3 is 15.8 Å². The van der Waals surface area contributed by atoms with Crippen LogP contribution in [0, 0.1) is 11.7 Å². The first-order valence-corrected chi connectivity index (χ1v) is 10.9. The van der Waals surface area contributed by atoms with Gasteiger partial charge in [-0.2, -0.15) is 0 Å². The lowest BCUT2D eigenvalue weighted by Gasteiger charge is -2.44. The predicted molar refractivity (Wildman–Crippen MR) is 123 cm³/mol. The number of alkyl halides is 2. The maximum atomic E-state index is 15.2. The van der Waals surface area contributed by atoms with E-state index in [9.17, 15) is 13.6 Å². The summed E-state index contributed by atoms with van der Waals surface area (Å²) in [6.07, 6.45) is 3.16. The van der Waals surface area contributed by atoms with Crippen molar-refractivity contribution in [2.45, 2.75) is 50.7 Å². The summed E-state index contributed by atoms with van der Waals surface area (Å²) in [5.41, 5.74) is 4.94. The molecule has 1 saturated carbocycles. The summed E-state index contributed by atoms with van der Waals surface area (Å²) in [6.45, 7) is 5.50. The number of carbonyl (C=O) groups is 1. The molecule has 1 aromatic heterocycles. The first kappa shape index (κ1) is 25.4. The maximum absolute atomic E-state index is 15.2. The number of aliphatic imine (C=N–C) groups is 1. The molecule has 3 N–H and O–H groups in total. The first-order chi connectivity index (χ1) is 16.2. The normalized spacial score (nSPS) is 23.1. The van der Waals surface area contributed by atoms with Gasteiger partial charge in [0, 0.05) is 18.4 Å². The van der Waals surface area contributed by atoms with Crippen LogP contribution in [0.15, 0.2) is 48.2 Å². The Hall–Kier alpha value is -3.27. The molecule has 0 saturated heterocycles. The quantitative estimate of drug-likeness (QED) is 0.325. The molecule has 34 heavy (non-hydrogen) atoms. The predicted octanol–water partition coefficient (Wildman–Crippen LogP) is 4.77. The Morgan fingerprint density at radius 3 is 2.76 bits per heavy atom. The molecule has 0 aliphatic heterocycles. The molecule has 3 atom stereocenters. The summed E-state index contributed by atoms with van der Waals surface area (Å²) in [7, 11) is 1.65. The van der Waals surface area contributed by atoms with Gasteiger partial charge in [0.25, 0.3) is 12.3 Å². The number of hydrogen-bond acceptors (Lipinski definition) is 5. The van der Waals surface area contributed by atoms with Gasteiger partial charge in [-0.05, 0) is 56.7 Å². The number of benzene rings is 1. The molecule has 2 aromatic rings. The lowest BCUT2D eigenvalue weighted by molar-refractivity contribution is 0.0175. The zero-order valence-electron chi connectivity index (χ0n) is 19.1. The Morgan fingerprint density at radius 1 is 1.41 bits per heavy atom. The van der Waals surface area contributed by atoms with E-state index in [1.54, 1.807) is 20.1 Å². The molecule has 0 spiro atoms. The molecule has 3 rings (SSSR count). The van der Waals surface area contributed by atoms with E-state index in [0.29, 0.717) is 42.8 Å². The van der Waals surface area contributed by atoms with Gasteiger partial charge in [0.05, 0.1) is 29.9 Å². The number of aromatic nitrogens is 2. The fourth-order valence-electron chi connectivity index (χ4n) is 4.50. The number of methoxy groups -OCH3 is 1. The number of amidine groups is 1. The third kappa shape index (κ3) is 5.44. The number of halogens is 3. The fourth-order valence-corrected chi connectivity index (χ4v) is 4.50. The molecule has 0 radical (unpaired) electrons. The van der Waals surface area contributed by atoms with E-state index >= 15 is 4.39 Å². The molecular formula is C24H28F3N5O2. The summed E-state index contributed by atoms with van der Waals surface area (Å²) in [6, 6.07) is 4.20. The summed E-state index contributed by atoms with van der Waals surface area (Å²) in [5, 5.41) is 2.63. The molecule has 182 valence electrons. The number of nitrogens with two attached hydrogens (primary N) is 1. The molecule has 10 heteroatoms. The van der Waals surface area contributed by atoms with Gasteiger partial charge in [-0.25, -0.2) is 18.2 Å². The molecule has 0 bridgehead atoms. The van der Waals surface area contributed by atoms with E-state index in [2.05, 4.69) is 21.9 Å². The van der Waals surface area contributed by atoms with Crippen LogP contribution in [0.25, 0.3) is 0 Å². The van der Waals surface area contributed by atoms with E-state index in [1.165, 1.54) is 18.2 Å². The average Bonchev–Trinajstić information content (AvgIpc) is 2.81. The summed E-state index contributed by atoms with van der Waals surface area (Å²) in [5.74, 6) is -0.957. The zero-order valence-corrected chi connectivity index (χ0v) is 19.1. The van der Waals surface area contributed by atoms with E-state index in [0.717, 1.165) is 12.4 Å². The average molecular weight is 476 g/mol. The van der Waals surface area contributed by atoms with Gasteiger partial charge in [0.15, 0.2) is 0 Å². The number of carbonyl (C=O) groups excluding carboxylic acids is 1. The van der Waals surface area contributed by atoms with Gasteiger partial charge in [-0.15, -0.1) is 6.58 Å². The highest BCUT2D eigenvalue weighted by molar-refractivity contribution is 6.02. The molecule has 1 fully saturated rings. The molecule has 1 aliphatic carbocycles. The van der Waals surface area contributed by atoms with Gasteiger partial charge in [0.1, 0.15) is 17.2 Å². The minimum Gasteiger partial charge on any atom is -0.388 e. The third-order valence-corrected chi connectivity index (χ3v) is 6.05. The van der Waals surface area contributed by atoms with E-state index in [4.69, 9.17) is 15.5 Å². The highest BCUT2D eigenvalue weighted by Gasteiger charge is 2.46. The largest absolute Gasteiger partial charge is 0.388 e. The van der Waals surface area contributed by atoms with Crippen LogP contribution < -0.4 is 11.1 Å². The van der Waals surface area contributed by atoms with Gasteiger partial charge >= 0.3 is 0 Å². The van der Waals surface area contributed by atoms with Crippen LogP contribution in [-0.4, -0.2) is 34.9 Å². The van der Waals surface area contributed by atoms with Crippen LogP contribution in [0.1, 0.15) is 60.8 Å². The highest BCUT2D eigenvalue weighted by atomic mass is 19.3. The minimum atomic E-state index is -2.79. The van der Waals surface area contributed by atoms with E-state index in [1.807, 2.05) is 0 Å². The lowest BCUT2D eigenvalue weighted by atomic mass is 9.66. The zero-order chi connectivity index (χ0) is 24.9. The van der Waals surface area contributed by atoms with Crippen LogP contribution >= 0.6 is 0 Å². The Labute approximate surface area is 196 Å². The van der Waals surface area contributed by atoms with Crippen molar-refractivity contribution in [3.63, 3.8) is 0 Å². The van der Waals surface area contributed by atoms with Crippen molar-refractivity contribution in [3.8, 4) is 0 Å². The summed E-state index contributed by atoms with van der Waals surface area (Å²) < 4.78 is 46.2. The van der Waals surface area contributed by atoms with E-state index < -0.39 is 29.4 Å². The highest BCUT2D eigenvalue weighted by Crippen LogP contribution is 2.48. The SMILES string of the molecule is C=CCC1C[C@@H](OC)CCC1(N=C(C)N)c1cc(NC(=O)c2cnc(C(F)F)cn2)ccc1F. The maximum Gasteiger partial charge on any atom is 0.281 e. The molecule has 7 nitrogen and oxygen atoms in total. The van der Waals surface area contributed by atoms with Crippen molar-refractivity contribution < 1.29 is 22.7 Å². The number of allylic oxidation sites excluding steroid dienone is 1. The van der Waals surface area contributed by atoms with Crippen molar-refractivity contribution in [3.05, 3.63) is 66.0 Å². The van der Waals surface area contributed by atoms with Crippen molar-refractivity contribution >= 4 is 17.4 Å². The molecular weight excluding hydrogens is 447 g/mol. The van der Waals surface area contributed by atoms with E-state index in [-0.39, 0.29) is 17.7 Å².